The maximum absolute atomic E-state index is 10.4. The summed E-state index contributed by atoms with van der Waals surface area (Å²) in [5.74, 6) is 2.08. The zero-order chi connectivity index (χ0) is 8.15. The van der Waals surface area contributed by atoms with Crippen molar-refractivity contribution < 1.29 is 19.5 Å². The lowest BCUT2D eigenvalue weighted by atomic mass is 10.1. The van der Waals surface area contributed by atoms with Crippen LogP contribution in [0.4, 0.5) is 0 Å². The largest absolute Gasteiger partial charge is 0.481 e. The molecule has 5 heteroatoms. The summed E-state index contributed by atoms with van der Waals surface area (Å²) in [4.78, 5) is 24.2. The number of carbonyl (C=O) groups excluding carboxylic acids is 1. The molecule has 0 saturated carbocycles. The number of rotatable bonds is 3. The zero-order valence-electron chi connectivity index (χ0n) is 5.53. The highest BCUT2D eigenvalue weighted by atomic mass is 16.7. The molecule has 0 saturated heterocycles. The third-order valence-electron chi connectivity index (χ3n) is 0.999. The van der Waals surface area contributed by atoms with Crippen LogP contribution in [0.3, 0.4) is 0 Å². The molecular weight excluding hydrogens is 138 g/mol. The Morgan fingerprint density at radius 1 is 1.70 bits per heavy atom. The van der Waals surface area contributed by atoms with Gasteiger partial charge in [-0.2, -0.15) is 5.90 Å². The van der Waals surface area contributed by atoms with Crippen LogP contribution in [-0.4, -0.2) is 17.0 Å². The number of hydrogen-bond acceptors (Lipinski definition) is 4. The fourth-order valence-electron chi connectivity index (χ4n) is 0.461. The first-order chi connectivity index (χ1) is 4.57. The van der Waals surface area contributed by atoms with Crippen molar-refractivity contribution in [1.82, 2.24) is 0 Å². The van der Waals surface area contributed by atoms with E-state index >= 15 is 0 Å². The lowest BCUT2D eigenvalue weighted by Crippen LogP contribution is -2.20. The number of carboxylic acid groups (broad SMARTS) is 1. The second-order valence-electron chi connectivity index (χ2n) is 1.94. The van der Waals surface area contributed by atoms with Crippen molar-refractivity contribution >= 4 is 11.9 Å². The SMILES string of the molecule is CC(CC(=O)O)C(=O)ON. The Hall–Kier alpha value is -1.10. The molecule has 0 amide bonds. The fraction of sp³-hybridized carbons (Fsp3) is 0.600. The van der Waals surface area contributed by atoms with Gasteiger partial charge in [-0.3, -0.25) is 9.59 Å². The third kappa shape index (κ3) is 3.03. The standard InChI is InChI=1S/C5H9NO4/c1-3(2-4(7)8)5(9)10-6/h3H,2,6H2,1H3,(H,7,8). The van der Waals surface area contributed by atoms with Crippen molar-refractivity contribution in [3.8, 4) is 0 Å². The van der Waals surface area contributed by atoms with E-state index < -0.39 is 17.9 Å². The lowest BCUT2D eigenvalue weighted by Gasteiger charge is -2.02. The Kier molecular flexibility index (Phi) is 3.42. The molecule has 0 aliphatic rings. The van der Waals surface area contributed by atoms with Crippen LogP contribution in [0, 0.1) is 5.92 Å². The summed E-state index contributed by atoms with van der Waals surface area (Å²) >= 11 is 0. The molecule has 3 N–H and O–H groups in total. The molecule has 1 unspecified atom stereocenters. The van der Waals surface area contributed by atoms with E-state index in [0.29, 0.717) is 0 Å². The van der Waals surface area contributed by atoms with Crippen LogP contribution < -0.4 is 5.90 Å². The van der Waals surface area contributed by atoms with Gasteiger partial charge in [-0.25, -0.2) is 0 Å². The summed E-state index contributed by atoms with van der Waals surface area (Å²) < 4.78 is 0. The summed E-state index contributed by atoms with van der Waals surface area (Å²) in [7, 11) is 0. The topological polar surface area (TPSA) is 89.6 Å². The molecule has 0 bridgehead atoms. The second kappa shape index (κ2) is 3.84. The van der Waals surface area contributed by atoms with Gasteiger partial charge in [0, 0.05) is 0 Å². The van der Waals surface area contributed by atoms with Crippen molar-refractivity contribution in [3.05, 3.63) is 0 Å². The van der Waals surface area contributed by atoms with Gasteiger partial charge in [-0.15, -0.1) is 0 Å². The predicted molar refractivity (Wildman–Crippen MR) is 31.7 cm³/mol. The predicted octanol–water partition coefficient (Wildman–Crippen LogP) is -0.486. The van der Waals surface area contributed by atoms with E-state index in [4.69, 9.17) is 5.11 Å². The highest BCUT2D eigenvalue weighted by Crippen LogP contribution is 2.01. The van der Waals surface area contributed by atoms with Gasteiger partial charge in [-0.1, -0.05) is 6.92 Å². The molecule has 1 atom stereocenters. The zero-order valence-corrected chi connectivity index (χ0v) is 5.53. The molecule has 0 spiro atoms. The van der Waals surface area contributed by atoms with Crippen molar-refractivity contribution in [1.29, 1.82) is 0 Å². The summed E-state index contributed by atoms with van der Waals surface area (Å²) in [6.45, 7) is 1.43. The minimum Gasteiger partial charge on any atom is -0.481 e. The van der Waals surface area contributed by atoms with E-state index in [0.717, 1.165) is 0 Å². The number of hydrogen-bond donors (Lipinski definition) is 2. The maximum atomic E-state index is 10.4. The summed E-state index contributed by atoms with van der Waals surface area (Å²) in [6, 6.07) is 0. The molecule has 0 aromatic rings. The van der Waals surface area contributed by atoms with Crippen molar-refractivity contribution in [2.24, 2.45) is 11.8 Å². The van der Waals surface area contributed by atoms with Gasteiger partial charge in [0.1, 0.15) is 0 Å². The van der Waals surface area contributed by atoms with Crippen molar-refractivity contribution in [3.63, 3.8) is 0 Å². The first-order valence-corrected chi connectivity index (χ1v) is 2.70. The van der Waals surface area contributed by atoms with Crippen LogP contribution in [0.15, 0.2) is 0 Å². The smallest absolute Gasteiger partial charge is 0.327 e. The summed E-state index contributed by atoms with van der Waals surface area (Å²) in [6.07, 6.45) is -0.254. The molecule has 0 aromatic heterocycles. The van der Waals surface area contributed by atoms with E-state index in [-0.39, 0.29) is 6.42 Å². The highest BCUT2D eigenvalue weighted by Gasteiger charge is 2.16. The van der Waals surface area contributed by atoms with E-state index in [9.17, 15) is 9.59 Å². The van der Waals surface area contributed by atoms with Gasteiger partial charge in [0.2, 0.25) is 0 Å². The number of carbonyl (C=O) groups is 2. The molecule has 0 radical (unpaired) electrons. The van der Waals surface area contributed by atoms with Crippen LogP contribution in [0.25, 0.3) is 0 Å². The Labute approximate surface area is 57.7 Å². The minimum atomic E-state index is -1.04. The van der Waals surface area contributed by atoms with E-state index in [1.165, 1.54) is 6.92 Å². The number of nitrogens with two attached hydrogens (primary N) is 1. The lowest BCUT2D eigenvalue weighted by molar-refractivity contribution is -0.152. The normalized spacial score (nSPS) is 12.2. The minimum absolute atomic E-state index is 0.254. The first kappa shape index (κ1) is 8.90. The van der Waals surface area contributed by atoms with Crippen LogP contribution in [0.2, 0.25) is 0 Å². The van der Waals surface area contributed by atoms with Crippen molar-refractivity contribution in [2.45, 2.75) is 13.3 Å². The van der Waals surface area contributed by atoms with E-state index in [2.05, 4.69) is 10.7 Å². The summed E-state index contributed by atoms with van der Waals surface area (Å²) in [5.41, 5.74) is 0. The molecular formula is C5H9NO4. The highest BCUT2D eigenvalue weighted by molar-refractivity contribution is 5.78. The monoisotopic (exact) mass is 147 g/mol. The average molecular weight is 147 g/mol. The van der Waals surface area contributed by atoms with Gasteiger partial charge in [-0.05, 0) is 0 Å². The quantitative estimate of drug-likeness (QED) is 0.526. The molecule has 0 heterocycles. The average Bonchev–Trinajstić information content (AvgIpc) is 1.85. The Morgan fingerprint density at radius 2 is 2.20 bits per heavy atom. The van der Waals surface area contributed by atoms with Gasteiger partial charge < -0.3 is 9.94 Å². The molecule has 58 valence electrons. The van der Waals surface area contributed by atoms with Crippen molar-refractivity contribution in [2.75, 3.05) is 0 Å². The Morgan fingerprint density at radius 3 is 2.50 bits per heavy atom. The first-order valence-electron chi connectivity index (χ1n) is 2.70. The van der Waals surface area contributed by atoms with E-state index in [1.54, 1.807) is 0 Å². The van der Waals surface area contributed by atoms with Gasteiger partial charge in [0.25, 0.3) is 0 Å². The Balaban J connectivity index is 3.72. The van der Waals surface area contributed by atoms with Crippen LogP contribution in [-0.2, 0) is 14.4 Å². The van der Waals surface area contributed by atoms with E-state index in [1.807, 2.05) is 0 Å². The molecule has 5 nitrogen and oxygen atoms in total. The van der Waals surface area contributed by atoms with Gasteiger partial charge in [0.05, 0.1) is 12.3 Å². The third-order valence-corrected chi connectivity index (χ3v) is 0.999. The Bertz CT molecular complexity index is 145. The fourth-order valence-corrected chi connectivity index (χ4v) is 0.461. The maximum Gasteiger partial charge on any atom is 0.327 e. The number of aliphatic carboxylic acids is 1. The molecule has 0 rings (SSSR count). The van der Waals surface area contributed by atoms with Crippen LogP contribution in [0.5, 0.6) is 0 Å². The summed E-state index contributed by atoms with van der Waals surface area (Å²) in [5, 5.41) is 8.18. The number of carboxylic acids is 1. The van der Waals surface area contributed by atoms with Crippen LogP contribution in [0.1, 0.15) is 13.3 Å². The molecule has 0 aliphatic heterocycles. The van der Waals surface area contributed by atoms with Gasteiger partial charge >= 0.3 is 11.9 Å². The van der Waals surface area contributed by atoms with Crippen LogP contribution >= 0.6 is 0 Å². The molecule has 0 fully saturated rings. The second-order valence-corrected chi connectivity index (χ2v) is 1.94. The van der Waals surface area contributed by atoms with Gasteiger partial charge in [0.15, 0.2) is 0 Å². The molecule has 0 aromatic carbocycles. The molecule has 10 heavy (non-hydrogen) atoms. The molecule has 0 aliphatic carbocycles.